The molecule has 3 rings (SSSR count). The molecule has 1 saturated carbocycles. The molecule has 1 aliphatic carbocycles. The Kier molecular flexibility index (Phi) is 5.68. The van der Waals surface area contributed by atoms with Crippen LogP contribution in [-0.2, 0) is 16.1 Å². The van der Waals surface area contributed by atoms with Crippen molar-refractivity contribution in [3.8, 4) is 0 Å². The van der Waals surface area contributed by atoms with Crippen LogP contribution < -0.4 is 10.6 Å². The molecule has 1 aromatic carbocycles. The van der Waals surface area contributed by atoms with E-state index in [1.54, 1.807) is 22.9 Å². The molecule has 9 nitrogen and oxygen atoms in total. The van der Waals surface area contributed by atoms with Crippen molar-refractivity contribution in [1.82, 2.24) is 25.6 Å². The highest BCUT2D eigenvalue weighted by Crippen LogP contribution is 2.17. The first kappa shape index (κ1) is 18.8. The van der Waals surface area contributed by atoms with Gasteiger partial charge in [0.1, 0.15) is 5.52 Å². The van der Waals surface area contributed by atoms with E-state index in [0.717, 1.165) is 31.2 Å². The van der Waals surface area contributed by atoms with Crippen molar-refractivity contribution in [3.05, 3.63) is 23.8 Å². The summed E-state index contributed by atoms with van der Waals surface area (Å²) < 4.78 is 6.88. The van der Waals surface area contributed by atoms with Crippen LogP contribution in [0.2, 0.25) is 0 Å². The van der Waals surface area contributed by atoms with Crippen molar-refractivity contribution in [2.45, 2.75) is 58.2 Å². The van der Waals surface area contributed by atoms with Crippen LogP contribution in [0, 0.1) is 0 Å². The van der Waals surface area contributed by atoms with E-state index in [1.165, 1.54) is 6.92 Å². The summed E-state index contributed by atoms with van der Waals surface area (Å²) in [7, 11) is 0. The Bertz CT molecular complexity index is 857. The Morgan fingerprint density at radius 1 is 1.30 bits per heavy atom. The Morgan fingerprint density at radius 2 is 2.04 bits per heavy atom. The largest absolute Gasteiger partial charge is 0.449 e. The SMILES string of the molecule is CCn1nnc2cc(C(=O)O[C@@H](C)C(=O)NC(=O)NC3CCCC3)ccc21. The van der Waals surface area contributed by atoms with Gasteiger partial charge < -0.3 is 10.1 Å². The summed E-state index contributed by atoms with van der Waals surface area (Å²) in [6.45, 7) is 4.03. The molecule has 1 atom stereocenters. The van der Waals surface area contributed by atoms with Crippen molar-refractivity contribution < 1.29 is 19.1 Å². The molecule has 27 heavy (non-hydrogen) atoms. The second kappa shape index (κ2) is 8.15. The maximum Gasteiger partial charge on any atom is 0.338 e. The quantitative estimate of drug-likeness (QED) is 0.772. The zero-order valence-electron chi connectivity index (χ0n) is 15.4. The van der Waals surface area contributed by atoms with Gasteiger partial charge in [-0.2, -0.15) is 0 Å². The van der Waals surface area contributed by atoms with Gasteiger partial charge in [0.2, 0.25) is 0 Å². The zero-order valence-corrected chi connectivity index (χ0v) is 15.4. The molecular weight excluding hydrogens is 350 g/mol. The third kappa shape index (κ3) is 4.42. The summed E-state index contributed by atoms with van der Waals surface area (Å²) in [4.78, 5) is 36.2. The van der Waals surface area contributed by atoms with Crippen LogP contribution in [0.25, 0.3) is 11.0 Å². The topological polar surface area (TPSA) is 115 Å². The number of ether oxygens (including phenoxy) is 1. The Labute approximate surface area is 156 Å². The maximum atomic E-state index is 12.3. The lowest BCUT2D eigenvalue weighted by Crippen LogP contribution is -2.47. The molecule has 1 aliphatic rings. The summed E-state index contributed by atoms with van der Waals surface area (Å²) in [5.41, 5.74) is 1.64. The predicted octanol–water partition coefficient (Wildman–Crippen LogP) is 1.76. The Hall–Kier alpha value is -2.97. The molecule has 1 aromatic heterocycles. The highest BCUT2D eigenvalue weighted by Gasteiger charge is 2.23. The zero-order chi connectivity index (χ0) is 19.4. The number of nitrogens with one attached hydrogen (secondary N) is 2. The number of carbonyl (C=O) groups excluding carboxylic acids is 3. The summed E-state index contributed by atoms with van der Waals surface area (Å²) in [6.07, 6.45) is 2.87. The van der Waals surface area contributed by atoms with Crippen LogP contribution in [0.4, 0.5) is 4.79 Å². The first-order valence-corrected chi connectivity index (χ1v) is 9.13. The van der Waals surface area contributed by atoms with Crippen molar-refractivity contribution in [3.63, 3.8) is 0 Å². The molecular formula is C18H23N5O4. The monoisotopic (exact) mass is 373 g/mol. The average Bonchev–Trinajstić information content (AvgIpc) is 3.29. The molecule has 3 amide bonds. The van der Waals surface area contributed by atoms with Gasteiger partial charge in [-0.15, -0.1) is 5.10 Å². The van der Waals surface area contributed by atoms with Crippen LogP contribution in [-0.4, -0.2) is 45.0 Å². The number of benzene rings is 1. The number of urea groups is 1. The van der Waals surface area contributed by atoms with Crippen LogP contribution in [0.15, 0.2) is 18.2 Å². The van der Waals surface area contributed by atoms with E-state index in [-0.39, 0.29) is 11.6 Å². The molecule has 9 heteroatoms. The summed E-state index contributed by atoms with van der Waals surface area (Å²) in [6, 6.07) is 4.42. The molecule has 1 heterocycles. The lowest BCUT2D eigenvalue weighted by atomic mass is 10.2. The van der Waals surface area contributed by atoms with E-state index >= 15 is 0 Å². The molecule has 2 N–H and O–H groups in total. The lowest BCUT2D eigenvalue weighted by Gasteiger charge is -2.15. The van der Waals surface area contributed by atoms with Crippen LogP contribution in [0.3, 0.4) is 0 Å². The number of rotatable bonds is 5. The Morgan fingerprint density at radius 3 is 2.74 bits per heavy atom. The number of carbonyl (C=O) groups is 3. The standard InChI is InChI=1S/C18H23N5O4/c1-3-23-15-9-8-12(10-14(15)21-22-23)17(25)27-11(2)16(24)20-18(26)19-13-6-4-5-7-13/h8-11,13H,3-7H2,1-2H3,(H2,19,20,24,26)/t11-/m0/s1. The van der Waals surface area contributed by atoms with Crippen LogP contribution in [0.1, 0.15) is 49.9 Å². The molecule has 2 aromatic rings. The average molecular weight is 373 g/mol. The molecule has 1 fully saturated rings. The summed E-state index contributed by atoms with van der Waals surface area (Å²) in [5, 5.41) is 13.0. The Balaban J connectivity index is 1.56. The second-order valence-electron chi connectivity index (χ2n) is 6.60. The molecule has 0 saturated heterocycles. The molecule has 0 bridgehead atoms. The smallest absolute Gasteiger partial charge is 0.338 e. The first-order chi connectivity index (χ1) is 13.0. The van der Waals surface area contributed by atoms with E-state index in [9.17, 15) is 14.4 Å². The number of esters is 1. The maximum absolute atomic E-state index is 12.3. The van der Waals surface area contributed by atoms with Gasteiger partial charge in [-0.25, -0.2) is 14.3 Å². The van der Waals surface area contributed by atoms with Crippen molar-refractivity contribution in [2.75, 3.05) is 0 Å². The third-order valence-electron chi connectivity index (χ3n) is 4.63. The fraction of sp³-hybridized carbons (Fsp3) is 0.500. The molecule has 0 spiro atoms. The molecule has 0 radical (unpaired) electrons. The van der Waals surface area contributed by atoms with Gasteiger partial charge in [-0.1, -0.05) is 18.1 Å². The van der Waals surface area contributed by atoms with Crippen molar-refractivity contribution in [2.24, 2.45) is 0 Å². The number of aryl methyl sites for hydroxylation is 1. The van der Waals surface area contributed by atoms with Gasteiger partial charge in [-0.05, 0) is 44.9 Å². The van der Waals surface area contributed by atoms with Gasteiger partial charge in [-0.3, -0.25) is 10.1 Å². The van der Waals surface area contributed by atoms with Gasteiger partial charge >= 0.3 is 12.0 Å². The fourth-order valence-electron chi connectivity index (χ4n) is 3.12. The highest BCUT2D eigenvalue weighted by molar-refractivity contribution is 5.99. The molecule has 0 aliphatic heterocycles. The van der Waals surface area contributed by atoms with Crippen molar-refractivity contribution >= 4 is 28.9 Å². The predicted molar refractivity (Wildman–Crippen MR) is 97.0 cm³/mol. The van der Waals surface area contributed by atoms with E-state index in [2.05, 4.69) is 20.9 Å². The highest BCUT2D eigenvalue weighted by atomic mass is 16.5. The number of imide groups is 1. The van der Waals surface area contributed by atoms with Crippen LogP contribution >= 0.6 is 0 Å². The number of aromatic nitrogens is 3. The number of nitrogens with zero attached hydrogens (tertiary/aromatic N) is 3. The van der Waals surface area contributed by atoms with E-state index < -0.39 is 24.0 Å². The molecule has 0 unspecified atom stereocenters. The number of amides is 3. The first-order valence-electron chi connectivity index (χ1n) is 9.13. The van der Waals surface area contributed by atoms with Gasteiger partial charge in [0.25, 0.3) is 5.91 Å². The fourth-order valence-corrected chi connectivity index (χ4v) is 3.12. The minimum absolute atomic E-state index is 0.0962. The summed E-state index contributed by atoms with van der Waals surface area (Å²) >= 11 is 0. The van der Waals surface area contributed by atoms with Crippen molar-refractivity contribution in [1.29, 1.82) is 0 Å². The number of hydrogen-bond donors (Lipinski definition) is 2. The summed E-state index contributed by atoms with van der Waals surface area (Å²) in [5.74, 6) is -1.33. The second-order valence-corrected chi connectivity index (χ2v) is 6.60. The third-order valence-corrected chi connectivity index (χ3v) is 4.63. The van der Waals surface area contributed by atoms with E-state index in [1.807, 2.05) is 6.92 Å². The van der Waals surface area contributed by atoms with Crippen LogP contribution in [0.5, 0.6) is 0 Å². The minimum Gasteiger partial charge on any atom is -0.449 e. The normalized spacial score (nSPS) is 15.5. The molecule has 144 valence electrons. The van der Waals surface area contributed by atoms with Gasteiger partial charge in [0.15, 0.2) is 6.10 Å². The van der Waals surface area contributed by atoms with Gasteiger partial charge in [0, 0.05) is 12.6 Å². The van der Waals surface area contributed by atoms with Gasteiger partial charge in [0.05, 0.1) is 11.1 Å². The number of hydrogen-bond acceptors (Lipinski definition) is 6. The van der Waals surface area contributed by atoms with E-state index in [4.69, 9.17) is 4.74 Å². The van der Waals surface area contributed by atoms with E-state index in [0.29, 0.717) is 12.1 Å². The number of fused-ring (bicyclic) bond motifs is 1. The lowest BCUT2D eigenvalue weighted by molar-refractivity contribution is -0.127. The minimum atomic E-state index is -1.10.